The first kappa shape index (κ1) is 18.7. The molecule has 1 heterocycles. The lowest BCUT2D eigenvalue weighted by Crippen LogP contribution is -2.50. The standard InChI is InChI=1S/C20H31BrN4/c1-2-22-20(23-15-16-7-9-17(21)10-8-16)24-18-11-13-25(14-12-18)19-5-3-4-6-19/h7-10,18-19H,2-6,11-15H2,1H3,(H2,22,23,24). The van der Waals surface area contributed by atoms with Crippen molar-refractivity contribution in [2.45, 2.75) is 64.1 Å². The topological polar surface area (TPSA) is 39.7 Å². The van der Waals surface area contributed by atoms with Gasteiger partial charge < -0.3 is 15.5 Å². The van der Waals surface area contributed by atoms with Crippen molar-refractivity contribution in [3.63, 3.8) is 0 Å². The van der Waals surface area contributed by atoms with Gasteiger partial charge in [0.15, 0.2) is 5.96 Å². The number of hydrogen-bond acceptors (Lipinski definition) is 2. The molecule has 0 radical (unpaired) electrons. The average Bonchev–Trinajstić information content (AvgIpc) is 3.16. The molecular formula is C20H31BrN4. The second kappa shape index (κ2) is 9.58. The van der Waals surface area contributed by atoms with Crippen LogP contribution in [0.5, 0.6) is 0 Å². The molecule has 138 valence electrons. The Morgan fingerprint density at radius 2 is 1.80 bits per heavy atom. The lowest BCUT2D eigenvalue weighted by atomic mass is 10.0. The molecule has 1 aliphatic heterocycles. The van der Waals surface area contributed by atoms with Crippen molar-refractivity contribution < 1.29 is 0 Å². The van der Waals surface area contributed by atoms with Crippen molar-refractivity contribution in [1.29, 1.82) is 0 Å². The van der Waals surface area contributed by atoms with Gasteiger partial charge in [-0.25, -0.2) is 4.99 Å². The van der Waals surface area contributed by atoms with Crippen molar-refractivity contribution in [2.75, 3.05) is 19.6 Å². The van der Waals surface area contributed by atoms with Crippen LogP contribution in [-0.4, -0.2) is 42.6 Å². The second-order valence-electron chi connectivity index (χ2n) is 7.21. The number of hydrogen-bond donors (Lipinski definition) is 2. The SMILES string of the molecule is CCNC(=NCc1ccc(Br)cc1)NC1CCN(C2CCCC2)CC1. The highest BCUT2D eigenvalue weighted by Crippen LogP contribution is 2.26. The molecule has 4 nitrogen and oxygen atoms in total. The fourth-order valence-corrected chi connectivity index (χ4v) is 4.22. The molecule has 1 aliphatic carbocycles. The molecule has 0 amide bonds. The van der Waals surface area contributed by atoms with Gasteiger partial charge in [-0.15, -0.1) is 0 Å². The molecule has 1 aromatic rings. The summed E-state index contributed by atoms with van der Waals surface area (Å²) in [7, 11) is 0. The fraction of sp³-hybridized carbons (Fsp3) is 0.650. The molecule has 0 bridgehead atoms. The van der Waals surface area contributed by atoms with E-state index in [1.54, 1.807) is 0 Å². The van der Waals surface area contributed by atoms with Crippen molar-refractivity contribution in [3.8, 4) is 0 Å². The molecule has 1 saturated heterocycles. The number of halogens is 1. The van der Waals surface area contributed by atoms with Crippen LogP contribution in [0.1, 0.15) is 51.0 Å². The van der Waals surface area contributed by atoms with Gasteiger partial charge in [-0.1, -0.05) is 40.9 Å². The van der Waals surface area contributed by atoms with Crippen LogP contribution >= 0.6 is 15.9 Å². The Balaban J connectivity index is 1.49. The summed E-state index contributed by atoms with van der Waals surface area (Å²) >= 11 is 3.48. The molecule has 1 saturated carbocycles. The number of benzene rings is 1. The Kier molecular flexibility index (Phi) is 7.17. The Labute approximate surface area is 160 Å². The van der Waals surface area contributed by atoms with Crippen molar-refractivity contribution >= 4 is 21.9 Å². The highest BCUT2D eigenvalue weighted by atomic mass is 79.9. The van der Waals surface area contributed by atoms with E-state index in [-0.39, 0.29) is 0 Å². The van der Waals surface area contributed by atoms with E-state index in [9.17, 15) is 0 Å². The van der Waals surface area contributed by atoms with Crippen LogP contribution in [0, 0.1) is 0 Å². The summed E-state index contributed by atoms with van der Waals surface area (Å²) in [5.74, 6) is 0.949. The number of nitrogens with zero attached hydrogens (tertiary/aromatic N) is 2. The van der Waals surface area contributed by atoms with E-state index in [1.165, 1.54) is 57.2 Å². The van der Waals surface area contributed by atoms with Gasteiger partial charge in [0.1, 0.15) is 0 Å². The third-order valence-corrected chi connectivity index (χ3v) is 5.92. The third kappa shape index (κ3) is 5.71. The molecule has 3 rings (SSSR count). The summed E-state index contributed by atoms with van der Waals surface area (Å²) in [6.07, 6.45) is 8.12. The zero-order valence-corrected chi connectivity index (χ0v) is 16.9. The zero-order valence-electron chi connectivity index (χ0n) is 15.3. The van der Waals surface area contributed by atoms with Crippen LogP contribution in [0.15, 0.2) is 33.7 Å². The van der Waals surface area contributed by atoms with Crippen LogP contribution < -0.4 is 10.6 Å². The van der Waals surface area contributed by atoms with Crippen LogP contribution in [0.25, 0.3) is 0 Å². The third-order valence-electron chi connectivity index (χ3n) is 5.39. The van der Waals surface area contributed by atoms with E-state index < -0.39 is 0 Å². The van der Waals surface area contributed by atoms with Gasteiger partial charge in [0.2, 0.25) is 0 Å². The molecule has 0 aromatic heterocycles. The number of rotatable bonds is 5. The van der Waals surface area contributed by atoms with Crippen molar-refractivity contribution in [3.05, 3.63) is 34.3 Å². The number of aliphatic imine (C=N–C) groups is 1. The first-order valence-corrected chi connectivity index (χ1v) is 10.6. The highest BCUT2D eigenvalue weighted by Gasteiger charge is 2.27. The fourth-order valence-electron chi connectivity index (χ4n) is 3.95. The van der Waals surface area contributed by atoms with E-state index in [0.717, 1.165) is 23.0 Å². The van der Waals surface area contributed by atoms with Gasteiger partial charge >= 0.3 is 0 Å². The lowest BCUT2D eigenvalue weighted by Gasteiger charge is -2.36. The molecule has 0 spiro atoms. The normalized spacial score (nSPS) is 20.8. The van der Waals surface area contributed by atoms with Crippen LogP contribution in [0.4, 0.5) is 0 Å². The molecule has 2 aliphatic rings. The van der Waals surface area contributed by atoms with E-state index >= 15 is 0 Å². The van der Waals surface area contributed by atoms with Crippen LogP contribution in [0.3, 0.4) is 0 Å². The van der Waals surface area contributed by atoms with Gasteiger partial charge in [-0.05, 0) is 50.3 Å². The summed E-state index contributed by atoms with van der Waals surface area (Å²) in [5, 5.41) is 7.05. The monoisotopic (exact) mass is 406 g/mol. The first-order chi connectivity index (χ1) is 12.2. The number of nitrogens with one attached hydrogen (secondary N) is 2. The zero-order chi connectivity index (χ0) is 17.5. The lowest BCUT2D eigenvalue weighted by molar-refractivity contribution is 0.150. The smallest absolute Gasteiger partial charge is 0.191 e. The molecule has 2 fully saturated rings. The maximum absolute atomic E-state index is 4.77. The Morgan fingerprint density at radius 1 is 1.12 bits per heavy atom. The molecule has 0 atom stereocenters. The molecule has 1 aromatic carbocycles. The van der Waals surface area contributed by atoms with Gasteiger partial charge in [-0.3, -0.25) is 0 Å². The Bertz CT molecular complexity index is 543. The second-order valence-corrected chi connectivity index (χ2v) is 8.13. The van der Waals surface area contributed by atoms with Crippen molar-refractivity contribution in [2.24, 2.45) is 4.99 Å². The summed E-state index contributed by atoms with van der Waals surface area (Å²) in [4.78, 5) is 7.49. The van der Waals surface area contributed by atoms with Gasteiger partial charge in [0.25, 0.3) is 0 Å². The largest absolute Gasteiger partial charge is 0.357 e. The Morgan fingerprint density at radius 3 is 2.44 bits per heavy atom. The summed E-state index contributed by atoms with van der Waals surface area (Å²) in [6, 6.07) is 9.79. The van der Waals surface area contributed by atoms with E-state index in [0.29, 0.717) is 12.6 Å². The number of guanidine groups is 1. The van der Waals surface area contributed by atoms with E-state index in [4.69, 9.17) is 4.99 Å². The molecule has 0 unspecified atom stereocenters. The minimum absolute atomic E-state index is 0.542. The predicted molar refractivity (Wildman–Crippen MR) is 109 cm³/mol. The first-order valence-electron chi connectivity index (χ1n) is 9.78. The number of likely N-dealkylation sites (tertiary alicyclic amines) is 1. The van der Waals surface area contributed by atoms with Crippen molar-refractivity contribution in [1.82, 2.24) is 15.5 Å². The summed E-state index contributed by atoms with van der Waals surface area (Å²) < 4.78 is 1.11. The van der Waals surface area contributed by atoms with Crippen LogP contribution in [0.2, 0.25) is 0 Å². The highest BCUT2D eigenvalue weighted by molar-refractivity contribution is 9.10. The minimum Gasteiger partial charge on any atom is -0.357 e. The molecule has 5 heteroatoms. The molecular weight excluding hydrogens is 376 g/mol. The minimum atomic E-state index is 0.542. The summed E-state index contributed by atoms with van der Waals surface area (Å²) in [5.41, 5.74) is 1.23. The Hall–Kier alpha value is -1.07. The average molecular weight is 407 g/mol. The quantitative estimate of drug-likeness (QED) is 0.574. The number of piperidine rings is 1. The van der Waals surface area contributed by atoms with Gasteiger partial charge in [0, 0.05) is 36.2 Å². The van der Waals surface area contributed by atoms with Gasteiger partial charge in [-0.2, -0.15) is 0 Å². The van der Waals surface area contributed by atoms with Crippen LogP contribution in [-0.2, 0) is 6.54 Å². The summed E-state index contributed by atoms with van der Waals surface area (Å²) in [6.45, 7) is 6.19. The van der Waals surface area contributed by atoms with Gasteiger partial charge in [0.05, 0.1) is 6.54 Å². The van der Waals surface area contributed by atoms with E-state index in [2.05, 4.69) is 62.7 Å². The molecule has 25 heavy (non-hydrogen) atoms. The molecule has 2 N–H and O–H groups in total. The maximum Gasteiger partial charge on any atom is 0.191 e. The van der Waals surface area contributed by atoms with E-state index in [1.807, 2.05) is 0 Å². The maximum atomic E-state index is 4.77. The predicted octanol–water partition coefficient (Wildman–Crippen LogP) is 3.91.